The van der Waals surface area contributed by atoms with Crippen molar-refractivity contribution in [2.24, 2.45) is 5.92 Å². The van der Waals surface area contributed by atoms with E-state index in [2.05, 4.69) is 12.0 Å². The second-order valence-corrected chi connectivity index (χ2v) is 9.82. The summed E-state index contributed by atoms with van der Waals surface area (Å²) in [5, 5.41) is 4.22. The van der Waals surface area contributed by atoms with E-state index in [0.29, 0.717) is 36.1 Å². The Kier molecular flexibility index (Phi) is 6.14. The lowest BCUT2D eigenvalue weighted by Crippen LogP contribution is -2.38. The van der Waals surface area contributed by atoms with E-state index in [9.17, 15) is 13.2 Å². The Hall–Kier alpha value is -2.19. The maximum Gasteiger partial charge on any atom is 0.285 e. The van der Waals surface area contributed by atoms with Gasteiger partial charge < -0.3 is 4.74 Å². The number of hydrogen-bond acceptors (Lipinski definition) is 5. The second kappa shape index (κ2) is 8.28. The van der Waals surface area contributed by atoms with Gasteiger partial charge >= 0.3 is 0 Å². The number of nitrogens with zero attached hydrogens (tertiary/aromatic N) is 3. The van der Waals surface area contributed by atoms with Gasteiger partial charge in [-0.15, -0.1) is 0 Å². The Bertz CT molecular complexity index is 1020. The van der Waals surface area contributed by atoms with Crippen LogP contribution in [-0.2, 0) is 10.0 Å². The van der Waals surface area contributed by atoms with Gasteiger partial charge in [-0.05, 0) is 58.1 Å². The fraction of sp³-hybridized carbons (Fsp3) is 0.524. The Labute approximate surface area is 172 Å². The topological polar surface area (TPSA) is 81.5 Å². The van der Waals surface area contributed by atoms with Crippen LogP contribution in [0.25, 0.3) is 0 Å². The Morgan fingerprint density at radius 2 is 1.83 bits per heavy atom. The highest BCUT2D eigenvalue weighted by molar-refractivity contribution is 7.89. The molecule has 0 unspecified atom stereocenters. The summed E-state index contributed by atoms with van der Waals surface area (Å²) in [7, 11) is -3.68. The number of piperidine rings is 1. The van der Waals surface area contributed by atoms with Gasteiger partial charge in [-0.25, -0.2) is 13.1 Å². The highest BCUT2D eigenvalue weighted by Gasteiger charge is 2.33. The minimum Gasteiger partial charge on any atom is -0.483 e. The average molecular weight is 420 g/mol. The summed E-state index contributed by atoms with van der Waals surface area (Å²) in [4.78, 5) is 12.8. The lowest BCUT2D eigenvalue weighted by Gasteiger charge is -2.29. The first-order valence-corrected chi connectivity index (χ1v) is 11.3. The highest BCUT2D eigenvalue weighted by Crippen LogP contribution is 2.27. The van der Waals surface area contributed by atoms with Crippen molar-refractivity contribution in [1.82, 2.24) is 14.1 Å². The molecule has 0 bridgehead atoms. The van der Waals surface area contributed by atoms with E-state index in [-0.39, 0.29) is 11.5 Å². The van der Waals surface area contributed by atoms with Gasteiger partial charge in [-0.2, -0.15) is 9.40 Å². The van der Waals surface area contributed by atoms with Crippen LogP contribution >= 0.6 is 0 Å². The van der Waals surface area contributed by atoms with Gasteiger partial charge in [0.15, 0.2) is 6.61 Å². The number of benzene rings is 1. The predicted molar refractivity (Wildman–Crippen MR) is 111 cm³/mol. The van der Waals surface area contributed by atoms with Crippen molar-refractivity contribution in [2.45, 2.75) is 52.4 Å². The zero-order chi connectivity index (χ0) is 21.3. The molecule has 1 aromatic carbocycles. The maximum absolute atomic E-state index is 13.2. The maximum atomic E-state index is 13.2. The fourth-order valence-corrected chi connectivity index (χ4v) is 5.58. The van der Waals surface area contributed by atoms with E-state index in [1.807, 2.05) is 32.0 Å². The van der Waals surface area contributed by atoms with Crippen LogP contribution < -0.4 is 4.74 Å². The van der Waals surface area contributed by atoms with E-state index in [1.165, 1.54) is 4.31 Å². The summed E-state index contributed by atoms with van der Waals surface area (Å²) in [6, 6.07) is 5.72. The quantitative estimate of drug-likeness (QED) is 0.743. The molecule has 3 rings (SSSR count). The summed E-state index contributed by atoms with van der Waals surface area (Å²) in [6.45, 7) is 10.1. The van der Waals surface area contributed by atoms with Crippen molar-refractivity contribution < 1.29 is 17.9 Å². The number of sulfonamides is 1. The van der Waals surface area contributed by atoms with Crippen LogP contribution in [0.5, 0.6) is 5.75 Å². The van der Waals surface area contributed by atoms with E-state index >= 15 is 0 Å². The molecule has 0 amide bonds. The summed E-state index contributed by atoms with van der Waals surface area (Å²) in [5.41, 5.74) is 2.71. The number of hydrogen-bond donors (Lipinski definition) is 0. The smallest absolute Gasteiger partial charge is 0.285 e. The molecule has 0 spiro atoms. The van der Waals surface area contributed by atoms with Crippen molar-refractivity contribution >= 4 is 15.9 Å². The van der Waals surface area contributed by atoms with Crippen LogP contribution in [0.15, 0.2) is 23.1 Å². The molecule has 1 aliphatic rings. The molecule has 158 valence electrons. The summed E-state index contributed by atoms with van der Waals surface area (Å²) >= 11 is 0. The number of rotatable bonds is 5. The molecular formula is C21H29N3O4S. The molecule has 1 saturated heterocycles. The van der Waals surface area contributed by atoms with Crippen molar-refractivity contribution in [3.63, 3.8) is 0 Å². The third-order valence-corrected chi connectivity index (χ3v) is 7.63. The summed E-state index contributed by atoms with van der Waals surface area (Å²) < 4.78 is 34.6. The molecule has 0 N–H and O–H groups in total. The van der Waals surface area contributed by atoms with Crippen molar-refractivity contribution in [2.75, 3.05) is 19.7 Å². The molecule has 2 aromatic rings. The molecule has 0 radical (unpaired) electrons. The summed E-state index contributed by atoms with van der Waals surface area (Å²) in [6.07, 6.45) is 1.68. The van der Waals surface area contributed by atoms with E-state index in [4.69, 9.17) is 4.74 Å². The van der Waals surface area contributed by atoms with Crippen LogP contribution in [0.4, 0.5) is 0 Å². The standard InChI is InChI=1S/C21H29N3O4S/c1-14-8-10-23(11-9-14)29(26,27)21-17(4)22-24(18(21)5)20(25)13-28-19-7-6-15(2)12-16(19)3/h6-7,12,14H,8-11,13H2,1-5H3. The first-order chi connectivity index (χ1) is 13.6. The Morgan fingerprint density at radius 3 is 2.45 bits per heavy atom. The zero-order valence-electron chi connectivity index (χ0n) is 17.7. The van der Waals surface area contributed by atoms with Gasteiger partial charge in [-0.1, -0.05) is 24.6 Å². The molecule has 0 atom stereocenters. The molecule has 8 heteroatoms. The van der Waals surface area contributed by atoms with Crippen molar-refractivity contribution in [3.8, 4) is 5.75 Å². The minimum atomic E-state index is -3.68. The molecule has 0 aliphatic carbocycles. The molecule has 2 heterocycles. The number of aryl methyl sites for hydroxylation is 3. The van der Waals surface area contributed by atoms with Crippen molar-refractivity contribution in [3.05, 3.63) is 40.7 Å². The van der Waals surface area contributed by atoms with E-state index < -0.39 is 15.9 Å². The molecular weight excluding hydrogens is 390 g/mol. The molecule has 1 fully saturated rings. The van der Waals surface area contributed by atoms with Crippen molar-refractivity contribution in [1.29, 1.82) is 0 Å². The minimum absolute atomic E-state index is 0.131. The first kappa shape index (κ1) is 21.5. The molecule has 1 aliphatic heterocycles. The zero-order valence-corrected chi connectivity index (χ0v) is 18.5. The average Bonchev–Trinajstić information content (AvgIpc) is 2.96. The van der Waals surface area contributed by atoms with Gasteiger partial charge in [0.1, 0.15) is 10.6 Å². The molecule has 29 heavy (non-hydrogen) atoms. The number of carbonyl (C=O) groups excluding carboxylic acids is 1. The van der Waals surface area contributed by atoms with Crippen LogP contribution in [-0.4, -0.2) is 48.1 Å². The van der Waals surface area contributed by atoms with Gasteiger partial charge in [0, 0.05) is 13.1 Å². The van der Waals surface area contributed by atoms with Crippen LogP contribution in [0.2, 0.25) is 0 Å². The molecule has 1 aromatic heterocycles. The van der Waals surface area contributed by atoms with Gasteiger partial charge in [0.2, 0.25) is 10.0 Å². The SMILES string of the molecule is Cc1ccc(OCC(=O)n2nc(C)c(S(=O)(=O)N3CCC(C)CC3)c2C)c(C)c1. The lowest BCUT2D eigenvalue weighted by molar-refractivity contribution is 0.0817. The van der Waals surface area contributed by atoms with Crippen LogP contribution in [0.3, 0.4) is 0 Å². The number of aromatic nitrogens is 2. The van der Waals surface area contributed by atoms with Gasteiger partial charge in [0.05, 0.1) is 11.4 Å². The molecule has 7 nitrogen and oxygen atoms in total. The second-order valence-electron chi connectivity index (χ2n) is 7.95. The monoisotopic (exact) mass is 419 g/mol. The van der Waals surface area contributed by atoms with E-state index in [0.717, 1.165) is 28.7 Å². The lowest BCUT2D eigenvalue weighted by atomic mass is 10.0. The van der Waals surface area contributed by atoms with Gasteiger partial charge in [-0.3, -0.25) is 4.79 Å². The first-order valence-electron chi connectivity index (χ1n) is 9.91. The number of ether oxygens (including phenoxy) is 1. The Balaban J connectivity index is 1.80. The third-order valence-electron chi connectivity index (χ3n) is 5.48. The predicted octanol–water partition coefficient (Wildman–Crippen LogP) is 3.26. The largest absolute Gasteiger partial charge is 0.483 e. The third kappa shape index (κ3) is 4.38. The Morgan fingerprint density at radius 1 is 1.17 bits per heavy atom. The normalized spacial score (nSPS) is 16.2. The molecule has 0 saturated carbocycles. The fourth-order valence-electron chi connectivity index (χ4n) is 3.76. The number of carbonyl (C=O) groups is 1. The summed E-state index contributed by atoms with van der Waals surface area (Å²) in [5.74, 6) is 0.746. The highest BCUT2D eigenvalue weighted by atomic mass is 32.2. The van der Waals surface area contributed by atoms with E-state index in [1.54, 1.807) is 13.8 Å². The van der Waals surface area contributed by atoms with Gasteiger partial charge in [0.25, 0.3) is 5.91 Å². The van der Waals surface area contributed by atoms with Crippen LogP contribution in [0.1, 0.15) is 47.1 Å². The van der Waals surface area contributed by atoms with Crippen LogP contribution in [0, 0.1) is 33.6 Å².